The van der Waals surface area contributed by atoms with Crippen molar-refractivity contribution in [1.82, 2.24) is 14.5 Å². The van der Waals surface area contributed by atoms with Crippen LogP contribution in [0.25, 0.3) is 10.8 Å². The molecule has 4 rings (SSSR count). The van der Waals surface area contributed by atoms with Crippen LogP contribution >= 0.6 is 0 Å². The number of hydrogen-bond donors (Lipinski definition) is 1. The van der Waals surface area contributed by atoms with E-state index < -0.39 is 28.5 Å². The van der Waals surface area contributed by atoms with E-state index in [1.54, 1.807) is 18.2 Å². The molecule has 4 aromatic rings. The fourth-order valence-electron chi connectivity index (χ4n) is 4.82. The third kappa shape index (κ3) is 7.63. The number of nitrogens with one attached hydrogen (secondary N) is 1. The van der Waals surface area contributed by atoms with Crippen molar-refractivity contribution in [1.29, 1.82) is 0 Å². The molecule has 1 N–H and O–H groups in total. The second kappa shape index (κ2) is 13.8. The van der Waals surface area contributed by atoms with Gasteiger partial charge in [-0.05, 0) is 52.4 Å². The smallest absolute Gasteiger partial charge is 0.243 e. The highest BCUT2D eigenvalue weighted by Gasteiger charge is 2.33. The molecule has 220 valence electrons. The largest absolute Gasteiger partial charge is 0.354 e. The molecule has 1 atom stereocenters. The van der Waals surface area contributed by atoms with Gasteiger partial charge < -0.3 is 10.2 Å². The lowest BCUT2D eigenvalue weighted by Gasteiger charge is -2.33. The maximum Gasteiger partial charge on any atom is 0.243 e. The molecule has 0 unspecified atom stereocenters. The zero-order valence-electron chi connectivity index (χ0n) is 24.7. The van der Waals surface area contributed by atoms with Gasteiger partial charge in [0.05, 0.1) is 11.4 Å². The van der Waals surface area contributed by atoms with Gasteiger partial charge in [0.1, 0.15) is 6.04 Å². The number of nitrogens with zero attached hydrogens (tertiary/aromatic N) is 2. The second-order valence-corrected chi connectivity index (χ2v) is 13.1. The normalized spacial score (nSPS) is 12.4. The Morgan fingerprint density at radius 3 is 2.17 bits per heavy atom. The fourth-order valence-corrected chi connectivity index (χ4v) is 5.98. The summed E-state index contributed by atoms with van der Waals surface area (Å²) in [4.78, 5) is 29.4. The summed E-state index contributed by atoms with van der Waals surface area (Å²) in [5.74, 6) is -0.495. The predicted molar refractivity (Wildman–Crippen MR) is 167 cm³/mol. The Balaban J connectivity index is 1.67. The van der Waals surface area contributed by atoms with Gasteiger partial charge in [-0.2, -0.15) is 4.31 Å². The van der Waals surface area contributed by atoms with Crippen LogP contribution in [0.15, 0.2) is 102 Å². The van der Waals surface area contributed by atoms with E-state index in [4.69, 9.17) is 0 Å². The number of amides is 2. The minimum absolute atomic E-state index is 0.109. The first-order valence-corrected chi connectivity index (χ1v) is 15.6. The van der Waals surface area contributed by atoms with Crippen LogP contribution in [0.1, 0.15) is 30.5 Å². The Labute approximate surface area is 249 Å². The number of hydrogen-bond acceptors (Lipinski definition) is 4. The third-order valence-corrected chi connectivity index (χ3v) is 9.14. The molecular formula is C34H39N3O4S. The van der Waals surface area contributed by atoms with E-state index in [0.717, 1.165) is 31.8 Å². The Morgan fingerprint density at radius 1 is 0.833 bits per heavy atom. The average Bonchev–Trinajstić information content (AvgIpc) is 2.98. The molecule has 0 saturated heterocycles. The molecule has 0 aliphatic heterocycles. The van der Waals surface area contributed by atoms with Crippen molar-refractivity contribution in [2.45, 2.75) is 44.7 Å². The van der Waals surface area contributed by atoms with Gasteiger partial charge in [0.2, 0.25) is 21.8 Å². The first-order valence-electron chi connectivity index (χ1n) is 14.2. The Kier molecular flexibility index (Phi) is 10.1. The molecule has 8 heteroatoms. The summed E-state index contributed by atoms with van der Waals surface area (Å²) in [6, 6.07) is 28.9. The van der Waals surface area contributed by atoms with Crippen LogP contribution in [-0.4, -0.2) is 55.6 Å². The summed E-state index contributed by atoms with van der Waals surface area (Å²) in [7, 11) is -2.58. The molecule has 0 saturated carbocycles. The van der Waals surface area contributed by atoms with Crippen LogP contribution in [0.5, 0.6) is 0 Å². The molecule has 42 heavy (non-hydrogen) atoms. The van der Waals surface area contributed by atoms with Crippen molar-refractivity contribution in [3.63, 3.8) is 0 Å². The van der Waals surface area contributed by atoms with Crippen molar-refractivity contribution in [2.24, 2.45) is 5.92 Å². The summed E-state index contributed by atoms with van der Waals surface area (Å²) in [5.41, 5.74) is 2.77. The highest BCUT2D eigenvalue weighted by molar-refractivity contribution is 7.89. The number of carbonyl (C=O) groups is 2. The van der Waals surface area contributed by atoms with E-state index in [1.807, 2.05) is 99.6 Å². The monoisotopic (exact) mass is 585 g/mol. The SMILES string of the molecule is Cc1ccccc1CN(C(=O)CN(C)S(=O)(=O)c1ccc2ccccc2c1)[C@H](Cc1ccccc1)C(=O)NCC(C)C. The molecule has 4 aromatic carbocycles. The summed E-state index contributed by atoms with van der Waals surface area (Å²) < 4.78 is 28.3. The van der Waals surface area contributed by atoms with E-state index in [2.05, 4.69) is 5.32 Å². The Hall–Kier alpha value is -4.01. The molecule has 0 aromatic heterocycles. The van der Waals surface area contributed by atoms with Gasteiger partial charge in [-0.15, -0.1) is 0 Å². The van der Waals surface area contributed by atoms with Crippen LogP contribution in [0.2, 0.25) is 0 Å². The summed E-state index contributed by atoms with van der Waals surface area (Å²) >= 11 is 0. The van der Waals surface area contributed by atoms with Crippen molar-refractivity contribution in [3.8, 4) is 0 Å². The van der Waals surface area contributed by atoms with Gasteiger partial charge in [-0.3, -0.25) is 9.59 Å². The number of rotatable bonds is 12. The molecule has 0 spiro atoms. The first kappa shape index (κ1) is 30.9. The van der Waals surface area contributed by atoms with Gasteiger partial charge in [-0.1, -0.05) is 98.8 Å². The molecule has 0 fully saturated rings. The van der Waals surface area contributed by atoms with Crippen LogP contribution in [-0.2, 0) is 32.6 Å². The summed E-state index contributed by atoms with van der Waals surface area (Å²) in [6.07, 6.45) is 0.295. The lowest BCUT2D eigenvalue weighted by Crippen LogP contribution is -2.53. The number of benzene rings is 4. The van der Waals surface area contributed by atoms with E-state index >= 15 is 0 Å². The van der Waals surface area contributed by atoms with E-state index in [9.17, 15) is 18.0 Å². The molecule has 0 radical (unpaired) electrons. The highest BCUT2D eigenvalue weighted by Crippen LogP contribution is 2.23. The molecule has 0 aliphatic rings. The highest BCUT2D eigenvalue weighted by atomic mass is 32.2. The van der Waals surface area contributed by atoms with Crippen LogP contribution in [0.3, 0.4) is 0 Å². The summed E-state index contributed by atoms with van der Waals surface area (Å²) in [5, 5.41) is 4.72. The van der Waals surface area contributed by atoms with Crippen molar-refractivity contribution in [3.05, 3.63) is 114 Å². The van der Waals surface area contributed by atoms with Gasteiger partial charge in [-0.25, -0.2) is 8.42 Å². The average molecular weight is 586 g/mol. The van der Waals surface area contributed by atoms with Crippen molar-refractivity contribution >= 4 is 32.6 Å². The minimum Gasteiger partial charge on any atom is -0.354 e. The molecule has 0 bridgehead atoms. The first-order chi connectivity index (χ1) is 20.1. The quantitative estimate of drug-likeness (QED) is 0.248. The topological polar surface area (TPSA) is 86.8 Å². The Morgan fingerprint density at radius 2 is 1.48 bits per heavy atom. The molecule has 7 nitrogen and oxygen atoms in total. The van der Waals surface area contributed by atoms with Crippen molar-refractivity contribution < 1.29 is 18.0 Å². The van der Waals surface area contributed by atoms with E-state index in [-0.39, 0.29) is 23.3 Å². The van der Waals surface area contributed by atoms with Crippen LogP contribution in [0, 0.1) is 12.8 Å². The van der Waals surface area contributed by atoms with Gasteiger partial charge in [0.25, 0.3) is 0 Å². The second-order valence-electron chi connectivity index (χ2n) is 11.1. The van der Waals surface area contributed by atoms with Gasteiger partial charge in [0.15, 0.2) is 0 Å². The number of likely N-dealkylation sites (N-methyl/N-ethyl adjacent to an activating group) is 1. The number of aryl methyl sites for hydroxylation is 1. The predicted octanol–water partition coefficient (Wildman–Crippen LogP) is 5.18. The molecule has 0 aliphatic carbocycles. The van der Waals surface area contributed by atoms with Crippen LogP contribution in [0.4, 0.5) is 0 Å². The van der Waals surface area contributed by atoms with E-state index in [0.29, 0.717) is 13.0 Å². The fraction of sp³-hybridized carbons (Fsp3) is 0.294. The zero-order chi connectivity index (χ0) is 30.3. The number of fused-ring (bicyclic) bond motifs is 1. The Bertz CT molecular complexity index is 1640. The molecule has 2 amide bonds. The molecular weight excluding hydrogens is 546 g/mol. The summed E-state index contributed by atoms with van der Waals surface area (Å²) in [6.45, 7) is 6.20. The lowest BCUT2D eigenvalue weighted by molar-refractivity contribution is -0.141. The van der Waals surface area contributed by atoms with Gasteiger partial charge in [0, 0.05) is 26.6 Å². The van der Waals surface area contributed by atoms with Crippen molar-refractivity contribution in [2.75, 3.05) is 20.1 Å². The number of carbonyl (C=O) groups excluding carboxylic acids is 2. The van der Waals surface area contributed by atoms with E-state index in [1.165, 1.54) is 11.9 Å². The van der Waals surface area contributed by atoms with Crippen LogP contribution < -0.4 is 5.32 Å². The number of sulfonamides is 1. The molecule has 0 heterocycles. The third-order valence-electron chi connectivity index (χ3n) is 7.34. The zero-order valence-corrected chi connectivity index (χ0v) is 25.5. The minimum atomic E-state index is -3.98. The maximum atomic E-state index is 14.1. The maximum absolute atomic E-state index is 14.1. The standard InChI is InChI=1S/C34H39N3O4S/c1-25(2)22-35-34(39)32(20-27-13-6-5-7-14-27)37(23-30-17-9-8-12-26(30)3)33(38)24-36(4)42(40,41)31-19-18-28-15-10-11-16-29(28)21-31/h5-19,21,25,32H,20,22-24H2,1-4H3,(H,35,39)/t32-/m1/s1. The lowest BCUT2D eigenvalue weighted by atomic mass is 10.0. The van der Waals surface area contributed by atoms with Gasteiger partial charge >= 0.3 is 0 Å².